The number of nitrogens with zero attached hydrogens (tertiary/aromatic N) is 3. The van der Waals surface area contributed by atoms with Crippen LogP contribution in [0, 0.1) is 18.7 Å². The van der Waals surface area contributed by atoms with Gasteiger partial charge in [0.1, 0.15) is 12.4 Å². The highest BCUT2D eigenvalue weighted by atomic mass is 19.1. The fraction of sp³-hybridized carbons (Fsp3) is 0.429. The molecule has 1 aromatic heterocycles. The summed E-state index contributed by atoms with van der Waals surface area (Å²) in [5.41, 5.74) is 0.995. The summed E-state index contributed by atoms with van der Waals surface area (Å²) >= 11 is 0. The van der Waals surface area contributed by atoms with Gasteiger partial charge < -0.3 is 9.67 Å². The Balaban J connectivity index is 2.55. The number of aryl methyl sites for hydroxylation is 1. The summed E-state index contributed by atoms with van der Waals surface area (Å²) in [6.07, 6.45) is 0. The van der Waals surface area contributed by atoms with Crippen LogP contribution in [-0.2, 0) is 13.2 Å². The Bertz CT molecular complexity index is 578. The van der Waals surface area contributed by atoms with Gasteiger partial charge in [0.15, 0.2) is 11.6 Å². The van der Waals surface area contributed by atoms with Crippen LogP contribution in [0.2, 0.25) is 0 Å². The molecule has 1 N–H and O–H groups in total. The monoisotopic (exact) mass is 263 g/mol. The van der Waals surface area contributed by atoms with E-state index in [1.54, 1.807) is 29.7 Å². The topological polar surface area (TPSA) is 50.9 Å². The zero-order chi connectivity index (χ0) is 14.0. The van der Waals surface area contributed by atoms with Crippen LogP contribution < -0.4 is 0 Å². The van der Waals surface area contributed by atoms with Crippen LogP contribution >= 0.6 is 0 Å². The van der Waals surface area contributed by atoms with Crippen molar-refractivity contribution in [3.63, 3.8) is 0 Å². The lowest BCUT2D eigenvalue weighted by Gasteiger charge is -2.12. The van der Waals surface area contributed by atoms with Gasteiger partial charge in [-0.1, -0.05) is 26.0 Å². The van der Waals surface area contributed by atoms with Gasteiger partial charge in [0, 0.05) is 6.54 Å². The molecular weight excluding hydrogens is 245 g/mol. The van der Waals surface area contributed by atoms with Crippen molar-refractivity contribution < 1.29 is 9.50 Å². The zero-order valence-electron chi connectivity index (χ0n) is 11.4. The molecule has 5 heteroatoms. The maximum Gasteiger partial charge on any atom is 0.167 e. The molecule has 0 atom stereocenters. The number of hydrogen-bond acceptors (Lipinski definition) is 3. The number of aliphatic hydroxyl groups excluding tert-OH is 1. The molecule has 0 aliphatic rings. The predicted octanol–water partition coefficient (Wildman–Crippen LogP) is 2.54. The van der Waals surface area contributed by atoms with E-state index in [-0.39, 0.29) is 12.4 Å². The van der Waals surface area contributed by atoms with Crippen molar-refractivity contribution in [2.75, 3.05) is 0 Å². The third-order valence-electron chi connectivity index (χ3n) is 2.95. The third kappa shape index (κ3) is 2.66. The van der Waals surface area contributed by atoms with E-state index in [0.29, 0.717) is 35.2 Å². The molecule has 0 aliphatic heterocycles. The standard InChI is InChI=1S/C14H18FN3O/c1-9(2)7-18-12(8-19)16-17-14(18)11-6-4-5-10(3)13(11)15/h4-6,9,19H,7-8H2,1-3H3. The first-order valence-electron chi connectivity index (χ1n) is 6.33. The van der Waals surface area contributed by atoms with Crippen molar-refractivity contribution in [3.8, 4) is 11.4 Å². The minimum Gasteiger partial charge on any atom is -0.388 e. The summed E-state index contributed by atoms with van der Waals surface area (Å²) in [5, 5.41) is 17.3. The molecule has 0 bridgehead atoms. The second-order valence-electron chi connectivity index (χ2n) is 5.04. The van der Waals surface area contributed by atoms with Crippen molar-refractivity contribution in [1.29, 1.82) is 0 Å². The molecule has 0 amide bonds. The molecule has 0 radical (unpaired) electrons. The Labute approximate surface area is 111 Å². The van der Waals surface area contributed by atoms with Gasteiger partial charge in [-0.15, -0.1) is 10.2 Å². The first-order chi connectivity index (χ1) is 9.04. The van der Waals surface area contributed by atoms with Crippen molar-refractivity contribution >= 4 is 0 Å². The van der Waals surface area contributed by atoms with E-state index < -0.39 is 0 Å². The normalized spacial score (nSPS) is 11.3. The van der Waals surface area contributed by atoms with E-state index in [1.165, 1.54) is 0 Å². The average molecular weight is 263 g/mol. The van der Waals surface area contributed by atoms with E-state index in [4.69, 9.17) is 0 Å². The number of aliphatic hydroxyl groups is 1. The number of benzene rings is 1. The molecule has 4 nitrogen and oxygen atoms in total. The van der Waals surface area contributed by atoms with Crippen LogP contribution in [0.5, 0.6) is 0 Å². The second kappa shape index (κ2) is 5.48. The molecule has 102 valence electrons. The summed E-state index contributed by atoms with van der Waals surface area (Å²) in [7, 11) is 0. The lowest BCUT2D eigenvalue weighted by molar-refractivity contribution is 0.262. The van der Waals surface area contributed by atoms with Gasteiger partial charge in [0.05, 0.1) is 5.56 Å². The lowest BCUT2D eigenvalue weighted by atomic mass is 10.1. The molecule has 2 aromatic rings. The molecular formula is C14H18FN3O. The van der Waals surface area contributed by atoms with E-state index >= 15 is 0 Å². The molecule has 0 spiro atoms. The Hall–Kier alpha value is -1.75. The number of hydrogen-bond donors (Lipinski definition) is 1. The van der Waals surface area contributed by atoms with E-state index in [2.05, 4.69) is 24.0 Å². The first-order valence-corrected chi connectivity index (χ1v) is 6.33. The van der Waals surface area contributed by atoms with Crippen LogP contribution in [0.3, 0.4) is 0 Å². The maximum atomic E-state index is 14.2. The average Bonchev–Trinajstić information content (AvgIpc) is 2.75. The van der Waals surface area contributed by atoms with Gasteiger partial charge in [-0.25, -0.2) is 4.39 Å². The molecule has 2 rings (SSSR count). The highest BCUT2D eigenvalue weighted by molar-refractivity contribution is 5.57. The number of halogens is 1. The molecule has 0 saturated carbocycles. The van der Waals surface area contributed by atoms with Crippen LogP contribution in [0.1, 0.15) is 25.2 Å². The molecule has 0 aliphatic carbocycles. The van der Waals surface area contributed by atoms with Gasteiger partial charge >= 0.3 is 0 Å². The number of rotatable bonds is 4. The SMILES string of the molecule is Cc1cccc(-c2nnc(CO)n2CC(C)C)c1F. The summed E-state index contributed by atoms with van der Waals surface area (Å²) in [6.45, 7) is 6.27. The van der Waals surface area contributed by atoms with Crippen LogP contribution in [0.25, 0.3) is 11.4 Å². The quantitative estimate of drug-likeness (QED) is 0.922. The van der Waals surface area contributed by atoms with Gasteiger partial charge in [-0.2, -0.15) is 0 Å². The lowest BCUT2D eigenvalue weighted by Crippen LogP contribution is -2.10. The van der Waals surface area contributed by atoms with Gasteiger partial charge in [-0.3, -0.25) is 0 Å². The maximum absolute atomic E-state index is 14.2. The van der Waals surface area contributed by atoms with Crippen LogP contribution in [0.15, 0.2) is 18.2 Å². The molecule has 0 fully saturated rings. The van der Waals surface area contributed by atoms with E-state index in [0.717, 1.165) is 0 Å². The highest BCUT2D eigenvalue weighted by Crippen LogP contribution is 2.24. The van der Waals surface area contributed by atoms with Gasteiger partial charge in [0.25, 0.3) is 0 Å². The second-order valence-corrected chi connectivity index (χ2v) is 5.04. The molecule has 0 unspecified atom stereocenters. The minimum absolute atomic E-state index is 0.201. The van der Waals surface area contributed by atoms with Crippen molar-refractivity contribution in [2.24, 2.45) is 5.92 Å². The Morgan fingerprint density at radius 1 is 1.32 bits per heavy atom. The van der Waals surface area contributed by atoms with Crippen molar-refractivity contribution in [1.82, 2.24) is 14.8 Å². The first kappa shape index (κ1) is 13.7. The minimum atomic E-state index is -0.288. The predicted molar refractivity (Wildman–Crippen MR) is 70.9 cm³/mol. The summed E-state index contributed by atoms with van der Waals surface area (Å²) in [5.74, 6) is 1.00. The molecule has 1 heterocycles. The zero-order valence-corrected chi connectivity index (χ0v) is 11.4. The fourth-order valence-corrected chi connectivity index (χ4v) is 2.03. The number of aromatic nitrogens is 3. The smallest absolute Gasteiger partial charge is 0.167 e. The Kier molecular flexibility index (Phi) is 3.95. The van der Waals surface area contributed by atoms with E-state index in [9.17, 15) is 9.50 Å². The van der Waals surface area contributed by atoms with Crippen LogP contribution in [0.4, 0.5) is 4.39 Å². The summed E-state index contributed by atoms with van der Waals surface area (Å²) in [4.78, 5) is 0. The third-order valence-corrected chi connectivity index (χ3v) is 2.95. The van der Waals surface area contributed by atoms with Gasteiger partial charge in [-0.05, 0) is 24.5 Å². The molecule has 1 aromatic carbocycles. The Morgan fingerprint density at radius 3 is 2.68 bits per heavy atom. The molecule has 0 saturated heterocycles. The largest absolute Gasteiger partial charge is 0.388 e. The van der Waals surface area contributed by atoms with E-state index in [1.807, 2.05) is 0 Å². The fourth-order valence-electron chi connectivity index (χ4n) is 2.03. The van der Waals surface area contributed by atoms with Gasteiger partial charge in [0.2, 0.25) is 0 Å². The Morgan fingerprint density at radius 2 is 2.05 bits per heavy atom. The van der Waals surface area contributed by atoms with Crippen LogP contribution in [-0.4, -0.2) is 19.9 Å². The summed E-state index contributed by atoms with van der Waals surface area (Å²) in [6, 6.07) is 5.19. The van der Waals surface area contributed by atoms with Crippen molar-refractivity contribution in [3.05, 3.63) is 35.4 Å². The highest BCUT2D eigenvalue weighted by Gasteiger charge is 2.17. The molecule has 19 heavy (non-hydrogen) atoms. The summed E-state index contributed by atoms with van der Waals surface area (Å²) < 4.78 is 16.0. The van der Waals surface area contributed by atoms with Crippen molar-refractivity contribution in [2.45, 2.75) is 33.9 Å².